The molecule has 88 heavy (non-hydrogen) atoms. The Balaban J connectivity index is 0.000000182. The first-order chi connectivity index (χ1) is 42.3. The summed E-state index contributed by atoms with van der Waals surface area (Å²) >= 11 is 3.39. The summed E-state index contributed by atoms with van der Waals surface area (Å²) in [5.74, 6) is 0.0154. The second-order valence-corrected chi connectivity index (χ2v) is 27.6. The Morgan fingerprint density at radius 1 is 0.557 bits per heavy atom. The normalized spacial score (nSPS) is 20.3. The van der Waals surface area contributed by atoms with Crippen LogP contribution in [-0.2, 0) is 38.1 Å². The molecule has 6 aliphatic rings. The van der Waals surface area contributed by atoms with Gasteiger partial charge in [0.1, 0.15) is 22.7 Å². The van der Waals surface area contributed by atoms with E-state index in [9.17, 15) is 28.8 Å². The quantitative estimate of drug-likeness (QED) is 0.0839. The van der Waals surface area contributed by atoms with Gasteiger partial charge in [-0.25, -0.2) is 9.59 Å². The second-order valence-electron chi connectivity index (χ2n) is 25.8. The van der Waals surface area contributed by atoms with Crippen LogP contribution in [0.15, 0.2) is 95.7 Å². The smallest absolute Gasteiger partial charge is 0.410 e. The first-order valence-electron chi connectivity index (χ1n) is 31.0. The number of hydrogen-bond acceptors (Lipinski definition) is 14. The lowest BCUT2D eigenvalue weighted by molar-refractivity contribution is -0.125. The average molecular weight is 1240 g/mol. The van der Waals surface area contributed by atoms with Gasteiger partial charge < -0.3 is 57.8 Å². The van der Waals surface area contributed by atoms with Crippen molar-refractivity contribution in [3.63, 3.8) is 0 Å². The summed E-state index contributed by atoms with van der Waals surface area (Å²) in [5.41, 5.74) is 3.91. The van der Waals surface area contributed by atoms with Crippen molar-refractivity contribution in [1.82, 2.24) is 9.80 Å². The van der Waals surface area contributed by atoms with Gasteiger partial charge in [0.25, 0.3) is 11.8 Å². The van der Waals surface area contributed by atoms with Crippen molar-refractivity contribution in [2.75, 3.05) is 99.5 Å². The number of carbonyl (C=O) groups is 6. The van der Waals surface area contributed by atoms with E-state index in [1.807, 2.05) is 112 Å². The lowest BCUT2D eigenvalue weighted by Gasteiger charge is -2.40. The van der Waals surface area contributed by atoms with Crippen LogP contribution in [0.3, 0.4) is 0 Å². The Morgan fingerprint density at radius 2 is 0.955 bits per heavy atom. The van der Waals surface area contributed by atoms with E-state index in [-0.39, 0.29) is 73.9 Å². The van der Waals surface area contributed by atoms with E-state index in [1.165, 1.54) is 20.2 Å². The van der Waals surface area contributed by atoms with Crippen molar-refractivity contribution < 1.29 is 57.2 Å². The lowest BCUT2D eigenvalue weighted by Crippen LogP contribution is -2.51. The molecule has 468 valence electrons. The molecule has 2 aromatic heterocycles. The Kier molecular flexibility index (Phi) is 18.7. The van der Waals surface area contributed by atoms with E-state index >= 15 is 0 Å². The first kappa shape index (κ1) is 62.4. The largest absolute Gasteiger partial charge is 0.482 e. The third kappa shape index (κ3) is 13.9. The number of ether oxygens (including phenoxy) is 6. The number of carbonyl (C=O) groups excluding carboxylic acids is 6. The van der Waals surface area contributed by atoms with Gasteiger partial charge in [0.05, 0.1) is 23.2 Å². The van der Waals surface area contributed by atoms with Crippen molar-refractivity contribution in [2.45, 2.75) is 128 Å². The third-order valence-corrected chi connectivity index (χ3v) is 19.0. The molecule has 20 heteroatoms. The van der Waals surface area contributed by atoms with Crippen LogP contribution in [0.4, 0.5) is 32.3 Å². The van der Waals surface area contributed by atoms with Gasteiger partial charge in [0.2, 0.25) is 11.8 Å². The van der Waals surface area contributed by atoms with E-state index in [1.54, 1.807) is 56.5 Å². The Bertz CT molecular complexity index is 3320. The molecule has 6 aromatic rings. The molecular formula is C68H82N6O12S2. The predicted molar refractivity (Wildman–Crippen MR) is 344 cm³/mol. The summed E-state index contributed by atoms with van der Waals surface area (Å²) in [5, 5.41) is 6.69. The fraction of sp³-hybridized carbons (Fsp3) is 0.500. The SMILES string of the molecule is COCCCN1C(=O)COc2ccc(N(C(=O)[C@@H]3CN(C(=O)OC(C)(C)C)CC[C@H]3c3csc4ccccc34)C3CC3)cc21.COCCCN1C(=O)COc2ccc(N(C(=O)[C@H]3CN(C(=O)OC(C)(C)C)CC[C@@H]3c3csc4ccccc34)C3CC3)cc21. The molecule has 2 saturated carbocycles. The summed E-state index contributed by atoms with van der Waals surface area (Å²) in [6.07, 6.45) is 5.55. The standard InChI is InChI=1S/2C34H41N3O6S/c2*1-34(2,3)43-33(40)35-16-14-24(27-21-44-30-9-6-5-8-25(27)30)26(19-35)32(39)37(22-10-11-22)23-12-13-29-28(18-23)36(15-7-17-41-4)31(38)20-42-29/h2*5-6,8-9,12-13,18,21-22,24,26H,7,10-11,14-17,19-20H2,1-4H3/t2*24-,26-/m10/s1. The van der Waals surface area contributed by atoms with Crippen LogP contribution in [0.25, 0.3) is 20.2 Å². The van der Waals surface area contributed by atoms with Gasteiger partial charge in [0, 0.05) is 111 Å². The molecule has 0 unspecified atom stereocenters. The molecule has 2 aliphatic carbocycles. The number of thiophene rings is 2. The summed E-state index contributed by atoms with van der Waals surface area (Å²) in [6, 6.07) is 28.2. The van der Waals surface area contributed by atoms with E-state index in [4.69, 9.17) is 28.4 Å². The molecule has 0 radical (unpaired) electrons. The number of methoxy groups -OCH3 is 2. The van der Waals surface area contributed by atoms with Crippen LogP contribution in [0.2, 0.25) is 0 Å². The first-order valence-corrected chi connectivity index (χ1v) is 32.7. The van der Waals surface area contributed by atoms with Gasteiger partial charge in [-0.2, -0.15) is 0 Å². The zero-order valence-corrected chi connectivity index (χ0v) is 53.5. The molecule has 2 saturated heterocycles. The molecule has 4 aromatic carbocycles. The monoisotopic (exact) mass is 1240 g/mol. The topological polar surface area (TPSA) is 177 Å². The fourth-order valence-electron chi connectivity index (χ4n) is 12.7. The highest BCUT2D eigenvalue weighted by Crippen LogP contribution is 2.47. The summed E-state index contributed by atoms with van der Waals surface area (Å²) in [6.45, 7) is 14.8. The van der Waals surface area contributed by atoms with Crippen molar-refractivity contribution in [2.24, 2.45) is 11.8 Å². The highest BCUT2D eigenvalue weighted by molar-refractivity contribution is 7.17. The number of piperidine rings is 2. The molecule has 4 aliphatic heterocycles. The lowest BCUT2D eigenvalue weighted by atomic mass is 9.79. The minimum atomic E-state index is -0.630. The van der Waals surface area contributed by atoms with E-state index in [0.29, 0.717) is 87.9 Å². The van der Waals surface area contributed by atoms with Crippen LogP contribution >= 0.6 is 22.7 Å². The summed E-state index contributed by atoms with van der Waals surface area (Å²) in [7, 11) is 3.29. The van der Waals surface area contributed by atoms with Gasteiger partial charge in [0.15, 0.2) is 13.2 Å². The number of amides is 6. The molecule has 0 bridgehead atoms. The number of benzene rings is 4. The minimum absolute atomic E-state index is 0.00465. The fourth-order valence-corrected chi connectivity index (χ4v) is 14.7. The second kappa shape index (κ2) is 26.4. The average Bonchev–Trinajstić information content (AvgIpc) is 1.71. The van der Waals surface area contributed by atoms with E-state index in [2.05, 4.69) is 35.0 Å². The van der Waals surface area contributed by atoms with Crippen LogP contribution in [0, 0.1) is 11.8 Å². The van der Waals surface area contributed by atoms with Gasteiger partial charge >= 0.3 is 12.2 Å². The zero-order chi connectivity index (χ0) is 62.0. The van der Waals surface area contributed by atoms with Crippen molar-refractivity contribution >= 4 is 101 Å². The van der Waals surface area contributed by atoms with Gasteiger partial charge in [-0.15, -0.1) is 22.7 Å². The maximum atomic E-state index is 14.8. The van der Waals surface area contributed by atoms with Crippen LogP contribution in [0.1, 0.15) is 116 Å². The molecule has 4 fully saturated rings. The Morgan fingerprint density at radius 3 is 1.33 bits per heavy atom. The van der Waals surface area contributed by atoms with Crippen LogP contribution in [-0.4, -0.2) is 149 Å². The van der Waals surface area contributed by atoms with Crippen LogP contribution < -0.4 is 29.1 Å². The number of rotatable bonds is 16. The zero-order valence-electron chi connectivity index (χ0n) is 51.8. The van der Waals surface area contributed by atoms with Crippen molar-refractivity contribution in [1.29, 1.82) is 0 Å². The number of fused-ring (bicyclic) bond motifs is 4. The molecule has 12 rings (SSSR count). The third-order valence-electron chi connectivity index (χ3n) is 17.1. The number of nitrogens with zero attached hydrogens (tertiary/aromatic N) is 6. The molecular weight excluding hydrogens is 1160 g/mol. The molecule has 0 spiro atoms. The maximum Gasteiger partial charge on any atom is 0.410 e. The molecule has 6 heterocycles. The predicted octanol–water partition coefficient (Wildman–Crippen LogP) is 12.4. The highest BCUT2D eigenvalue weighted by Gasteiger charge is 2.47. The van der Waals surface area contributed by atoms with E-state index in [0.717, 1.165) is 48.2 Å². The van der Waals surface area contributed by atoms with E-state index < -0.39 is 35.2 Å². The highest BCUT2D eigenvalue weighted by atomic mass is 32.1. The van der Waals surface area contributed by atoms with Gasteiger partial charge in [-0.05, 0) is 174 Å². The number of hydrogen-bond donors (Lipinski definition) is 0. The Hall–Kier alpha value is -7.26. The summed E-state index contributed by atoms with van der Waals surface area (Å²) < 4.78 is 35.8. The number of anilines is 4. The summed E-state index contributed by atoms with van der Waals surface area (Å²) in [4.78, 5) is 92.5. The molecule has 4 atom stereocenters. The van der Waals surface area contributed by atoms with Crippen LogP contribution in [0.5, 0.6) is 11.5 Å². The molecule has 6 amide bonds. The Labute approximate surface area is 523 Å². The minimum Gasteiger partial charge on any atom is -0.482 e. The van der Waals surface area contributed by atoms with Gasteiger partial charge in [-0.3, -0.25) is 19.2 Å². The van der Waals surface area contributed by atoms with Gasteiger partial charge in [-0.1, -0.05) is 36.4 Å². The number of likely N-dealkylation sites (tertiary alicyclic amines) is 2. The maximum absolute atomic E-state index is 14.8. The van der Waals surface area contributed by atoms with Crippen molar-refractivity contribution in [3.8, 4) is 11.5 Å². The molecule has 0 N–H and O–H groups in total. The molecule has 18 nitrogen and oxygen atoms in total. The van der Waals surface area contributed by atoms with Crippen molar-refractivity contribution in [3.05, 3.63) is 107 Å².